The number of carbonyl (C=O) groups excluding carboxylic acids is 1. The molecule has 1 amide bonds. The maximum atomic E-state index is 10.4. The third-order valence-electron chi connectivity index (χ3n) is 1.15. The molecule has 0 saturated carbocycles. The van der Waals surface area contributed by atoms with Gasteiger partial charge < -0.3 is 5.32 Å². The molecule has 1 saturated heterocycles. The minimum atomic E-state index is 0. The van der Waals surface area contributed by atoms with Crippen LogP contribution in [0.1, 0.15) is 19.3 Å². The molecule has 2 nitrogen and oxygen atoms in total. The van der Waals surface area contributed by atoms with E-state index in [2.05, 4.69) is 5.32 Å². The summed E-state index contributed by atoms with van der Waals surface area (Å²) in [6.07, 6.45) is 2.97. The van der Waals surface area contributed by atoms with E-state index in [1.165, 1.54) is 0 Å². The minimum absolute atomic E-state index is 0. The first-order valence-electron chi connectivity index (χ1n) is 2.66. The van der Waals surface area contributed by atoms with Crippen molar-refractivity contribution >= 4 is 56.9 Å². The van der Waals surface area contributed by atoms with E-state index in [0.717, 1.165) is 25.8 Å². The van der Waals surface area contributed by atoms with E-state index in [4.69, 9.17) is 0 Å². The normalized spacial score (nSPS) is 15.0. The molecular weight excluding hydrogens is 330 g/mol. The van der Waals surface area contributed by atoms with Gasteiger partial charge in [0, 0.05) is 13.0 Å². The Bertz CT molecular complexity index is 81.0. The van der Waals surface area contributed by atoms with Crippen LogP contribution < -0.4 is 5.32 Å². The van der Waals surface area contributed by atoms with Crippen LogP contribution in [-0.4, -0.2) is 12.5 Å². The Kier molecular flexibility index (Phi) is 17.0. The highest BCUT2D eigenvalue weighted by atomic mass is 79.9. The van der Waals surface area contributed by atoms with Gasteiger partial charge in [0.2, 0.25) is 5.91 Å². The van der Waals surface area contributed by atoms with Crippen molar-refractivity contribution in [1.82, 2.24) is 5.32 Å². The molecule has 10 heavy (non-hydrogen) atoms. The van der Waals surface area contributed by atoms with Gasteiger partial charge in [0.25, 0.3) is 0 Å². The summed E-state index contributed by atoms with van der Waals surface area (Å²) >= 11 is 0. The SMILES string of the molecule is Br.Br.Br.O=C1CCCCN1. The van der Waals surface area contributed by atoms with Crippen LogP contribution in [0.2, 0.25) is 0 Å². The van der Waals surface area contributed by atoms with E-state index in [0.29, 0.717) is 0 Å². The van der Waals surface area contributed by atoms with Crippen molar-refractivity contribution in [3.05, 3.63) is 0 Å². The van der Waals surface area contributed by atoms with Crippen molar-refractivity contribution < 1.29 is 4.79 Å². The Balaban J connectivity index is -0.000000163. The highest BCUT2D eigenvalue weighted by molar-refractivity contribution is 8.93. The summed E-state index contributed by atoms with van der Waals surface area (Å²) in [5, 5.41) is 2.74. The first kappa shape index (κ1) is 17.1. The Hall–Kier alpha value is 0.910. The predicted octanol–water partition coefficient (Wildman–Crippen LogP) is 2.02. The lowest BCUT2D eigenvalue weighted by atomic mass is 10.2. The number of hydrogen-bond donors (Lipinski definition) is 1. The van der Waals surface area contributed by atoms with Gasteiger partial charge >= 0.3 is 0 Å². The summed E-state index contributed by atoms with van der Waals surface area (Å²) < 4.78 is 0. The van der Waals surface area contributed by atoms with Gasteiger partial charge in [-0.3, -0.25) is 4.79 Å². The molecule has 0 bridgehead atoms. The number of halogens is 3. The molecular formula is C5H12Br3NO. The Labute approximate surface area is 92.4 Å². The lowest BCUT2D eigenvalue weighted by Crippen LogP contribution is -2.28. The van der Waals surface area contributed by atoms with Crippen molar-refractivity contribution in [2.45, 2.75) is 19.3 Å². The van der Waals surface area contributed by atoms with E-state index < -0.39 is 0 Å². The molecule has 0 unspecified atom stereocenters. The number of nitrogens with one attached hydrogen (secondary N) is 1. The molecule has 1 aliphatic rings. The topological polar surface area (TPSA) is 29.1 Å². The summed E-state index contributed by atoms with van der Waals surface area (Å²) in [5.41, 5.74) is 0. The molecule has 5 heteroatoms. The molecule has 1 N–H and O–H groups in total. The summed E-state index contributed by atoms with van der Waals surface area (Å²) in [6.45, 7) is 0.888. The van der Waals surface area contributed by atoms with Crippen LogP contribution >= 0.6 is 50.9 Å². The quantitative estimate of drug-likeness (QED) is 0.717. The fourth-order valence-corrected chi connectivity index (χ4v) is 0.727. The van der Waals surface area contributed by atoms with Crippen LogP contribution in [0.25, 0.3) is 0 Å². The zero-order chi connectivity index (χ0) is 5.11. The Morgan fingerprint density at radius 1 is 1.10 bits per heavy atom. The Morgan fingerprint density at radius 2 is 1.70 bits per heavy atom. The zero-order valence-corrected chi connectivity index (χ0v) is 10.6. The highest BCUT2D eigenvalue weighted by Crippen LogP contribution is 1.98. The summed E-state index contributed by atoms with van der Waals surface area (Å²) in [4.78, 5) is 10.4. The summed E-state index contributed by atoms with van der Waals surface area (Å²) in [7, 11) is 0. The summed E-state index contributed by atoms with van der Waals surface area (Å²) in [6, 6.07) is 0. The van der Waals surface area contributed by atoms with E-state index in [1.54, 1.807) is 0 Å². The molecule has 0 radical (unpaired) electrons. The summed E-state index contributed by atoms with van der Waals surface area (Å²) in [5.74, 6) is 0.214. The van der Waals surface area contributed by atoms with Gasteiger partial charge in [-0.05, 0) is 12.8 Å². The van der Waals surface area contributed by atoms with E-state index in [1.807, 2.05) is 0 Å². The van der Waals surface area contributed by atoms with E-state index in [9.17, 15) is 4.79 Å². The molecule has 0 aromatic rings. The van der Waals surface area contributed by atoms with Crippen LogP contribution in [0.15, 0.2) is 0 Å². The van der Waals surface area contributed by atoms with Crippen LogP contribution in [0.5, 0.6) is 0 Å². The van der Waals surface area contributed by atoms with Crippen molar-refractivity contribution in [3.8, 4) is 0 Å². The van der Waals surface area contributed by atoms with Gasteiger partial charge in [-0.2, -0.15) is 0 Å². The first-order chi connectivity index (χ1) is 3.39. The number of carbonyl (C=O) groups is 1. The second kappa shape index (κ2) is 9.91. The molecule has 0 aliphatic carbocycles. The average molecular weight is 342 g/mol. The molecule has 0 spiro atoms. The van der Waals surface area contributed by atoms with E-state index in [-0.39, 0.29) is 56.9 Å². The molecule has 0 aromatic heterocycles. The van der Waals surface area contributed by atoms with Crippen LogP contribution in [0, 0.1) is 0 Å². The largest absolute Gasteiger partial charge is 0.356 e. The number of amides is 1. The number of rotatable bonds is 0. The monoisotopic (exact) mass is 339 g/mol. The molecule has 0 atom stereocenters. The minimum Gasteiger partial charge on any atom is -0.356 e. The first-order valence-corrected chi connectivity index (χ1v) is 2.66. The van der Waals surface area contributed by atoms with Crippen molar-refractivity contribution in [1.29, 1.82) is 0 Å². The van der Waals surface area contributed by atoms with Crippen molar-refractivity contribution in [2.24, 2.45) is 0 Å². The molecule has 1 fully saturated rings. The van der Waals surface area contributed by atoms with Gasteiger partial charge in [0.1, 0.15) is 0 Å². The highest BCUT2D eigenvalue weighted by Gasteiger charge is 2.04. The molecule has 0 aromatic carbocycles. The van der Waals surface area contributed by atoms with Gasteiger partial charge in [0.15, 0.2) is 0 Å². The van der Waals surface area contributed by atoms with Gasteiger partial charge in [-0.25, -0.2) is 0 Å². The van der Waals surface area contributed by atoms with Gasteiger partial charge in [-0.1, -0.05) is 0 Å². The molecule has 1 heterocycles. The van der Waals surface area contributed by atoms with Crippen LogP contribution in [-0.2, 0) is 4.79 Å². The Morgan fingerprint density at radius 3 is 1.90 bits per heavy atom. The van der Waals surface area contributed by atoms with Crippen molar-refractivity contribution in [3.63, 3.8) is 0 Å². The molecule has 1 rings (SSSR count). The van der Waals surface area contributed by atoms with Crippen LogP contribution in [0.3, 0.4) is 0 Å². The lowest BCUT2D eigenvalue weighted by molar-refractivity contribution is -0.122. The smallest absolute Gasteiger partial charge is 0.219 e. The van der Waals surface area contributed by atoms with Crippen molar-refractivity contribution in [2.75, 3.05) is 6.54 Å². The third-order valence-corrected chi connectivity index (χ3v) is 1.15. The average Bonchev–Trinajstić information content (AvgIpc) is 1.69. The maximum Gasteiger partial charge on any atom is 0.219 e. The standard InChI is InChI=1S/C5H9NO.3BrH/c7-5-3-1-2-4-6-5;;;/h1-4H2,(H,6,7);3*1H. The van der Waals surface area contributed by atoms with Crippen LogP contribution in [0.4, 0.5) is 0 Å². The molecule has 64 valence electrons. The third kappa shape index (κ3) is 7.02. The fraction of sp³-hybridized carbons (Fsp3) is 0.800. The predicted molar refractivity (Wildman–Crippen MR) is 57.8 cm³/mol. The molecule has 1 aliphatic heterocycles. The second-order valence-corrected chi connectivity index (χ2v) is 1.81. The fourth-order valence-electron chi connectivity index (χ4n) is 0.727. The number of piperidine rings is 1. The maximum absolute atomic E-state index is 10.4. The zero-order valence-electron chi connectivity index (χ0n) is 5.46. The van der Waals surface area contributed by atoms with Gasteiger partial charge in [0.05, 0.1) is 0 Å². The van der Waals surface area contributed by atoms with Gasteiger partial charge in [-0.15, -0.1) is 50.9 Å². The number of hydrogen-bond acceptors (Lipinski definition) is 1. The van der Waals surface area contributed by atoms with E-state index >= 15 is 0 Å². The second-order valence-electron chi connectivity index (χ2n) is 1.81. The lowest BCUT2D eigenvalue weighted by Gasteiger charge is -2.08.